The quantitative estimate of drug-likeness (QED) is 0.730. The third kappa shape index (κ3) is 5.26. The summed E-state index contributed by atoms with van der Waals surface area (Å²) in [7, 11) is 0. The lowest BCUT2D eigenvalue weighted by atomic mass is 10.1. The van der Waals surface area contributed by atoms with Crippen molar-refractivity contribution in [3.05, 3.63) is 107 Å². The molecule has 0 spiro atoms. The molecule has 2 N–H and O–H groups in total. The first-order valence-electron chi connectivity index (χ1n) is 8.67. The molecule has 0 fully saturated rings. The van der Waals surface area contributed by atoms with E-state index in [0.29, 0.717) is 17.1 Å². The maximum Gasteiger partial charge on any atom is 0.137 e. The number of nitriles is 2. The van der Waals surface area contributed by atoms with Crippen molar-refractivity contribution in [1.82, 2.24) is 0 Å². The third-order valence-corrected chi connectivity index (χ3v) is 4.01. The fourth-order valence-corrected chi connectivity index (χ4v) is 2.53. The van der Waals surface area contributed by atoms with Crippen LogP contribution in [0.2, 0.25) is 0 Å². The Balaban J connectivity index is 1.89. The highest BCUT2D eigenvalue weighted by molar-refractivity contribution is 5.60. The van der Waals surface area contributed by atoms with E-state index < -0.39 is 0 Å². The molecule has 0 aliphatic carbocycles. The Bertz CT molecular complexity index is 1050. The molecule has 0 atom stereocenters. The molecule has 0 bridgehead atoms. The molecule has 1 aliphatic rings. The molecule has 3 rings (SSSR count). The minimum atomic E-state index is -0.0145. The van der Waals surface area contributed by atoms with Crippen molar-refractivity contribution in [2.75, 3.05) is 0 Å². The smallest absolute Gasteiger partial charge is 0.137 e. The zero-order chi connectivity index (χ0) is 20.6. The van der Waals surface area contributed by atoms with Gasteiger partial charge in [0.1, 0.15) is 40.7 Å². The minimum Gasteiger partial charge on any atom is -0.508 e. The topological polar surface area (TPSA) is 97.3 Å². The highest BCUT2D eigenvalue weighted by Gasteiger charge is 2.11. The van der Waals surface area contributed by atoms with E-state index in [1.807, 2.05) is 12.1 Å². The minimum absolute atomic E-state index is 0.0145. The average Bonchev–Trinajstić information content (AvgIpc) is 2.74. The number of ether oxygens (including phenoxy) is 1. The summed E-state index contributed by atoms with van der Waals surface area (Å²) in [6.07, 6.45) is 10.3. The van der Waals surface area contributed by atoms with Gasteiger partial charge in [0.25, 0.3) is 0 Å². The van der Waals surface area contributed by atoms with E-state index in [9.17, 15) is 20.7 Å². The highest BCUT2D eigenvalue weighted by atomic mass is 16.5. The lowest BCUT2D eigenvalue weighted by Gasteiger charge is -2.14. The second-order valence-electron chi connectivity index (χ2n) is 6.10. The van der Waals surface area contributed by atoms with E-state index >= 15 is 0 Å². The van der Waals surface area contributed by atoms with Crippen LogP contribution in [0.1, 0.15) is 11.1 Å². The van der Waals surface area contributed by atoms with Gasteiger partial charge < -0.3 is 14.9 Å². The Hall–Kier alpha value is -4.48. The number of hydrogen-bond donors (Lipinski definition) is 2. The van der Waals surface area contributed by atoms with E-state index in [0.717, 1.165) is 11.1 Å². The van der Waals surface area contributed by atoms with Crippen LogP contribution in [0.4, 0.5) is 0 Å². The summed E-state index contributed by atoms with van der Waals surface area (Å²) in [5.74, 6) is 1.28. The van der Waals surface area contributed by atoms with Gasteiger partial charge >= 0.3 is 0 Å². The molecule has 140 valence electrons. The number of phenolic OH excluding ortho intramolecular Hbond substituents is 2. The van der Waals surface area contributed by atoms with Crippen molar-refractivity contribution in [2.24, 2.45) is 0 Å². The first-order chi connectivity index (χ1) is 14.1. The number of rotatable bonds is 4. The zero-order valence-corrected chi connectivity index (χ0v) is 15.3. The van der Waals surface area contributed by atoms with Crippen molar-refractivity contribution < 1.29 is 14.9 Å². The molecule has 0 radical (unpaired) electrons. The van der Waals surface area contributed by atoms with Crippen LogP contribution in [0, 0.1) is 22.7 Å². The van der Waals surface area contributed by atoms with E-state index in [1.54, 1.807) is 85.0 Å². The van der Waals surface area contributed by atoms with Crippen LogP contribution in [0.25, 0.3) is 12.2 Å². The Morgan fingerprint density at radius 3 is 1.48 bits per heavy atom. The first kappa shape index (κ1) is 19.3. The third-order valence-electron chi connectivity index (χ3n) is 4.01. The van der Waals surface area contributed by atoms with Crippen molar-refractivity contribution in [2.45, 2.75) is 0 Å². The summed E-state index contributed by atoms with van der Waals surface area (Å²) < 4.78 is 5.84. The lowest BCUT2D eigenvalue weighted by molar-refractivity contribution is 0.332. The fourth-order valence-electron chi connectivity index (χ4n) is 2.53. The molecule has 0 aromatic heterocycles. The number of phenols is 2. The number of benzene rings is 2. The second-order valence-corrected chi connectivity index (χ2v) is 6.10. The Morgan fingerprint density at radius 2 is 1.10 bits per heavy atom. The SMILES string of the molecule is N#CC(C#N)=C1C=C(C=Cc2ccc(O)cc2)OC(C=Cc2ccc(O)cc2)=C1. The normalized spacial score (nSPS) is 13.4. The van der Waals surface area contributed by atoms with Crippen molar-refractivity contribution in [3.8, 4) is 23.6 Å². The number of aromatic hydroxyl groups is 2. The van der Waals surface area contributed by atoms with Crippen LogP contribution in [0.5, 0.6) is 11.5 Å². The molecule has 5 heteroatoms. The number of nitrogens with zero attached hydrogens (tertiary/aromatic N) is 2. The van der Waals surface area contributed by atoms with Gasteiger partial charge in [0.05, 0.1) is 0 Å². The Kier molecular flexibility index (Phi) is 5.95. The van der Waals surface area contributed by atoms with E-state index in [-0.39, 0.29) is 17.1 Å². The summed E-state index contributed by atoms with van der Waals surface area (Å²) in [6, 6.07) is 17.1. The second kappa shape index (κ2) is 8.94. The molecule has 0 saturated heterocycles. The average molecular weight is 380 g/mol. The maximum absolute atomic E-state index is 9.37. The van der Waals surface area contributed by atoms with Crippen LogP contribution in [-0.2, 0) is 4.74 Å². The largest absolute Gasteiger partial charge is 0.508 e. The standard InChI is InChI=1S/C24H16N2O3/c25-15-20(16-26)19-13-23(11-5-17-1-7-21(27)8-2-17)29-24(14-19)12-6-18-3-9-22(28)10-4-18/h1-14,27-28H. The van der Waals surface area contributed by atoms with Crippen LogP contribution in [0.3, 0.4) is 0 Å². The molecule has 1 heterocycles. The van der Waals surface area contributed by atoms with Gasteiger partial charge in [-0.2, -0.15) is 10.5 Å². The summed E-state index contributed by atoms with van der Waals surface area (Å²) in [4.78, 5) is 0. The Labute approximate surface area is 168 Å². The summed E-state index contributed by atoms with van der Waals surface area (Å²) in [5, 5.41) is 37.2. The van der Waals surface area contributed by atoms with Gasteiger partial charge in [-0.1, -0.05) is 36.4 Å². The maximum atomic E-state index is 9.37. The van der Waals surface area contributed by atoms with E-state index in [2.05, 4.69) is 0 Å². The molecule has 2 aromatic rings. The zero-order valence-electron chi connectivity index (χ0n) is 15.3. The van der Waals surface area contributed by atoms with Crippen LogP contribution >= 0.6 is 0 Å². The summed E-state index contributed by atoms with van der Waals surface area (Å²) in [5.41, 5.74) is 2.15. The van der Waals surface area contributed by atoms with Crippen LogP contribution in [-0.4, -0.2) is 10.2 Å². The van der Waals surface area contributed by atoms with Gasteiger partial charge in [-0.25, -0.2) is 0 Å². The van der Waals surface area contributed by atoms with Crippen molar-refractivity contribution in [1.29, 1.82) is 10.5 Å². The van der Waals surface area contributed by atoms with Gasteiger partial charge in [0.2, 0.25) is 0 Å². The molecule has 2 aromatic carbocycles. The summed E-state index contributed by atoms with van der Waals surface area (Å²) in [6.45, 7) is 0. The van der Waals surface area contributed by atoms with Gasteiger partial charge in [-0.3, -0.25) is 0 Å². The molecular formula is C24H16N2O3. The Morgan fingerprint density at radius 1 is 0.690 bits per heavy atom. The van der Waals surface area contributed by atoms with Gasteiger partial charge in [0, 0.05) is 5.57 Å². The molecule has 0 amide bonds. The van der Waals surface area contributed by atoms with E-state index in [4.69, 9.17) is 4.74 Å². The molecule has 1 aliphatic heterocycles. The monoisotopic (exact) mass is 380 g/mol. The predicted molar refractivity (Wildman–Crippen MR) is 110 cm³/mol. The summed E-state index contributed by atoms with van der Waals surface area (Å²) >= 11 is 0. The molecular weight excluding hydrogens is 364 g/mol. The van der Waals surface area contributed by atoms with E-state index in [1.165, 1.54) is 0 Å². The molecule has 5 nitrogen and oxygen atoms in total. The highest BCUT2D eigenvalue weighted by Crippen LogP contribution is 2.25. The van der Waals surface area contributed by atoms with Crippen molar-refractivity contribution in [3.63, 3.8) is 0 Å². The van der Waals surface area contributed by atoms with Gasteiger partial charge in [-0.05, 0) is 59.7 Å². The molecule has 0 saturated carbocycles. The molecule has 0 unspecified atom stereocenters. The first-order valence-corrected chi connectivity index (χ1v) is 8.67. The number of allylic oxidation sites excluding steroid dienone is 6. The van der Waals surface area contributed by atoms with Gasteiger partial charge in [-0.15, -0.1) is 0 Å². The number of hydrogen-bond acceptors (Lipinski definition) is 5. The van der Waals surface area contributed by atoms with Crippen LogP contribution < -0.4 is 0 Å². The fraction of sp³-hybridized carbons (Fsp3) is 0. The lowest BCUT2D eigenvalue weighted by Crippen LogP contribution is -1.98. The molecule has 29 heavy (non-hydrogen) atoms. The van der Waals surface area contributed by atoms with Crippen LogP contribution in [0.15, 0.2) is 95.5 Å². The predicted octanol–water partition coefficient (Wildman–Crippen LogP) is 4.97. The van der Waals surface area contributed by atoms with Crippen molar-refractivity contribution >= 4 is 12.2 Å². The van der Waals surface area contributed by atoms with Gasteiger partial charge in [0.15, 0.2) is 0 Å².